The lowest BCUT2D eigenvalue weighted by atomic mass is 9.96. The van der Waals surface area contributed by atoms with Crippen molar-refractivity contribution in [3.63, 3.8) is 0 Å². The second-order valence-corrected chi connectivity index (χ2v) is 6.66. The Kier molecular flexibility index (Phi) is 5.05. The van der Waals surface area contributed by atoms with E-state index in [2.05, 4.69) is 10.5 Å². The minimum absolute atomic E-state index is 0.104. The zero-order chi connectivity index (χ0) is 18.6. The van der Waals surface area contributed by atoms with Crippen LogP contribution in [0, 0.1) is 11.6 Å². The van der Waals surface area contributed by atoms with E-state index in [4.69, 9.17) is 9.26 Å². The predicted molar refractivity (Wildman–Crippen MR) is 97.6 cm³/mol. The molecule has 0 atom stereocenters. The maximum Gasteiger partial charge on any atom is 0.167 e. The molecule has 0 radical (unpaired) electrons. The van der Waals surface area contributed by atoms with Gasteiger partial charge in [-0.2, -0.15) is 0 Å². The summed E-state index contributed by atoms with van der Waals surface area (Å²) in [5.74, 6) is 0.290. The molecule has 1 heterocycles. The van der Waals surface area contributed by atoms with Crippen molar-refractivity contribution in [1.29, 1.82) is 0 Å². The zero-order valence-electron chi connectivity index (χ0n) is 14.8. The smallest absolute Gasteiger partial charge is 0.167 e. The number of aromatic nitrogens is 1. The molecule has 2 aromatic carbocycles. The molecule has 1 aliphatic carbocycles. The number of hydrogen-bond donors (Lipinski definition) is 1. The Balaban J connectivity index is 1.37. The van der Waals surface area contributed by atoms with Crippen LogP contribution in [-0.4, -0.2) is 5.16 Å². The number of rotatable bonds is 6. The molecule has 140 valence electrons. The molecule has 0 unspecified atom stereocenters. The van der Waals surface area contributed by atoms with Crippen LogP contribution < -0.4 is 10.1 Å². The first-order valence-corrected chi connectivity index (χ1v) is 9.06. The molecular formula is C21H20F2N2O2. The summed E-state index contributed by atoms with van der Waals surface area (Å²) in [6.07, 6.45) is 4.20. The third kappa shape index (κ3) is 4.10. The SMILES string of the molecule is Fc1cccc(COc2ccc(NCc3noc4c3CCCC4)cc2F)c1. The van der Waals surface area contributed by atoms with Gasteiger partial charge in [0.15, 0.2) is 11.6 Å². The average Bonchev–Trinajstić information content (AvgIpc) is 3.09. The van der Waals surface area contributed by atoms with E-state index in [-0.39, 0.29) is 18.2 Å². The van der Waals surface area contributed by atoms with E-state index in [1.54, 1.807) is 24.3 Å². The average molecular weight is 370 g/mol. The summed E-state index contributed by atoms with van der Waals surface area (Å²) in [6.45, 7) is 0.592. The van der Waals surface area contributed by atoms with Crippen molar-refractivity contribution in [3.05, 3.63) is 76.7 Å². The normalized spacial score (nSPS) is 13.3. The van der Waals surface area contributed by atoms with Crippen molar-refractivity contribution >= 4 is 5.69 Å². The van der Waals surface area contributed by atoms with Gasteiger partial charge in [0, 0.05) is 23.7 Å². The lowest BCUT2D eigenvalue weighted by Gasteiger charge is -2.11. The van der Waals surface area contributed by atoms with Crippen molar-refractivity contribution in [3.8, 4) is 5.75 Å². The van der Waals surface area contributed by atoms with E-state index in [0.29, 0.717) is 17.8 Å². The summed E-state index contributed by atoms with van der Waals surface area (Å²) in [6, 6.07) is 10.7. The molecule has 0 aliphatic heterocycles. The fourth-order valence-electron chi connectivity index (χ4n) is 3.29. The highest BCUT2D eigenvalue weighted by molar-refractivity contribution is 5.48. The van der Waals surface area contributed by atoms with Crippen LogP contribution in [0.5, 0.6) is 5.75 Å². The van der Waals surface area contributed by atoms with Crippen LogP contribution in [0.2, 0.25) is 0 Å². The zero-order valence-corrected chi connectivity index (χ0v) is 14.8. The van der Waals surface area contributed by atoms with Gasteiger partial charge in [-0.25, -0.2) is 8.78 Å². The van der Waals surface area contributed by atoms with Gasteiger partial charge in [0.05, 0.1) is 6.54 Å². The van der Waals surface area contributed by atoms with Gasteiger partial charge in [0.25, 0.3) is 0 Å². The number of nitrogens with one attached hydrogen (secondary N) is 1. The van der Waals surface area contributed by atoms with Crippen LogP contribution in [0.15, 0.2) is 47.0 Å². The van der Waals surface area contributed by atoms with E-state index in [9.17, 15) is 8.78 Å². The molecule has 0 bridgehead atoms. The van der Waals surface area contributed by atoms with Crippen LogP contribution in [0.1, 0.15) is 35.4 Å². The number of nitrogens with zero attached hydrogens (tertiary/aromatic N) is 1. The molecule has 0 spiro atoms. The Bertz CT molecular complexity index is 940. The highest BCUT2D eigenvalue weighted by Gasteiger charge is 2.19. The number of hydrogen-bond acceptors (Lipinski definition) is 4. The largest absolute Gasteiger partial charge is 0.486 e. The number of ether oxygens (including phenoxy) is 1. The van der Waals surface area contributed by atoms with Gasteiger partial charge in [-0.15, -0.1) is 0 Å². The van der Waals surface area contributed by atoms with E-state index in [1.165, 1.54) is 23.8 Å². The van der Waals surface area contributed by atoms with Gasteiger partial charge in [-0.05, 0) is 49.1 Å². The van der Waals surface area contributed by atoms with Crippen molar-refractivity contribution in [1.82, 2.24) is 5.16 Å². The van der Waals surface area contributed by atoms with Crippen molar-refractivity contribution in [2.75, 3.05) is 5.32 Å². The maximum atomic E-state index is 14.3. The molecule has 0 saturated carbocycles. The highest BCUT2D eigenvalue weighted by atomic mass is 19.1. The Hall–Kier alpha value is -2.89. The third-order valence-corrected chi connectivity index (χ3v) is 4.71. The summed E-state index contributed by atoms with van der Waals surface area (Å²) in [4.78, 5) is 0. The molecule has 4 rings (SSSR count). The quantitative estimate of drug-likeness (QED) is 0.662. The van der Waals surface area contributed by atoms with Gasteiger partial charge < -0.3 is 14.6 Å². The van der Waals surface area contributed by atoms with Gasteiger partial charge in [-0.1, -0.05) is 17.3 Å². The molecule has 27 heavy (non-hydrogen) atoms. The molecule has 1 aliphatic rings. The fraction of sp³-hybridized carbons (Fsp3) is 0.286. The van der Waals surface area contributed by atoms with Crippen molar-refractivity contribution < 1.29 is 18.0 Å². The van der Waals surface area contributed by atoms with Crippen LogP contribution >= 0.6 is 0 Å². The second kappa shape index (κ2) is 7.78. The van der Waals surface area contributed by atoms with Gasteiger partial charge in [0.2, 0.25) is 0 Å². The first-order chi connectivity index (χ1) is 13.2. The fourth-order valence-corrected chi connectivity index (χ4v) is 3.29. The Morgan fingerprint density at radius 3 is 2.81 bits per heavy atom. The van der Waals surface area contributed by atoms with Crippen molar-refractivity contribution in [2.45, 2.75) is 38.8 Å². The summed E-state index contributed by atoms with van der Waals surface area (Å²) in [5, 5.41) is 7.32. The third-order valence-electron chi connectivity index (χ3n) is 4.71. The minimum Gasteiger partial charge on any atom is -0.486 e. The molecule has 6 heteroatoms. The lowest BCUT2D eigenvalue weighted by molar-refractivity contribution is 0.290. The molecule has 1 aromatic heterocycles. The first-order valence-electron chi connectivity index (χ1n) is 9.06. The molecule has 1 N–H and O–H groups in total. The van der Waals surface area contributed by atoms with Crippen LogP contribution in [-0.2, 0) is 26.0 Å². The van der Waals surface area contributed by atoms with E-state index >= 15 is 0 Å². The maximum absolute atomic E-state index is 14.3. The van der Waals surface area contributed by atoms with Crippen LogP contribution in [0.4, 0.5) is 14.5 Å². The number of anilines is 1. The van der Waals surface area contributed by atoms with Crippen LogP contribution in [0.3, 0.4) is 0 Å². The Morgan fingerprint density at radius 1 is 1.07 bits per heavy atom. The van der Waals surface area contributed by atoms with E-state index in [0.717, 1.165) is 37.1 Å². The number of halogens is 2. The Labute approximate surface area is 156 Å². The lowest BCUT2D eigenvalue weighted by Crippen LogP contribution is -2.06. The molecule has 0 amide bonds. The highest BCUT2D eigenvalue weighted by Crippen LogP contribution is 2.26. The van der Waals surface area contributed by atoms with Gasteiger partial charge in [0.1, 0.15) is 23.9 Å². The molecule has 4 nitrogen and oxygen atoms in total. The molecule has 3 aromatic rings. The number of benzene rings is 2. The number of fused-ring (bicyclic) bond motifs is 1. The monoisotopic (exact) mass is 370 g/mol. The number of aryl methyl sites for hydroxylation is 1. The molecule has 0 fully saturated rings. The topological polar surface area (TPSA) is 47.3 Å². The molecule has 0 saturated heterocycles. The molecular weight excluding hydrogens is 350 g/mol. The standard InChI is InChI=1S/C21H20F2N2O2/c22-15-5-3-4-14(10-15)13-26-21-9-8-16(11-18(21)23)24-12-19-17-6-1-2-7-20(17)27-25-19/h3-5,8-11,24H,1-2,6-7,12-13H2. The summed E-state index contributed by atoms with van der Waals surface area (Å²) in [5.41, 5.74) is 3.35. The van der Waals surface area contributed by atoms with Gasteiger partial charge >= 0.3 is 0 Å². The predicted octanol–water partition coefficient (Wildman–Crippen LogP) is 5.02. The van der Waals surface area contributed by atoms with E-state index < -0.39 is 5.82 Å². The minimum atomic E-state index is -0.474. The Morgan fingerprint density at radius 2 is 1.96 bits per heavy atom. The van der Waals surface area contributed by atoms with Gasteiger partial charge in [-0.3, -0.25) is 0 Å². The summed E-state index contributed by atoms with van der Waals surface area (Å²) >= 11 is 0. The summed E-state index contributed by atoms with van der Waals surface area (Å²) in [7, 11) is 0. The first kappa shape index (κ1) is 17.5. The van der Waals surface area contributed by atoms with Crippen molar-refractivity contribution in [2.24, 2.45) is 0 Å². The summed E-state index contributed by atoms with van der Waals surface area (Å²) < 4.78 is 38.3. The van der Waals surface area contributed by atoms with Crippen LogP contribution in [0.25, 0.3) is 0 Å². The second-order valence-electron chi connectivity index (χ2n) is 6.66. The van der Waals surface area contributed by atoms with E-state index in [1.807, 2.05) is 0 Å².